The molecule has 1 heterocycles. The number of benzene rings is 2. The highest BCUT2D eigenvalue weighted by molar-refractivity contribution is 5.87. The van der Waals surface area contributed by atoms with Gasteiger partial charge < -0.3 is 20.5 Å². The third-order valence-corrected chi connectivity index (χ3v) is 5.27. The van der Waals surface area contributed by atoms with Crippen molar-refractivity contribution in [3.8, 4) is 11.1 Å². The topological polar surface area (TPSA) is 118 Å². The average molecular weight is 431 g/mol. The molecule has 1 aliphatic rings. The average Bonchev–Trinajstić information content (AvgIpc) is 3.14. The van der Waals surface area contributed by atoms with Crippen molar-refractivity contribution in [2.75, 3.05) is 13.2 Å². The van der Waals surface area contributed by atoms with E-state index in [9.17, 15) is 14.4 Å². The monoisotopic (exact) mass is 431 g/mol. The molecule has 0 saturated carbocycles. The Bertz CT molecular complexity index is 1130. The van der Waals surface area contributed by atoms with E-state index in [-0.39, 0.29) is 31.2 Å². The predicted octanol–water partition coefficient (Wildman–Crippen LogP) is 2.93. The fraction of sp³-hybridized carbons (Fsp3) is 0.167. The minimum absolute atomic E-state index is 0.0479. The summed E-state index contributed by atoms with van der Waals surface area (Å²) in [7, 11) is 0. The molecule has 2 aromatic carbocycles. The second-order valence-corrected chi connectivity index (χ2v) is 7.30. The van der Waals surface area contributed by atoms with Gasteiger partial charge in [0.05, 0.1) is 17.8 Å². The first kappa shape index (κ1) is 21.0. The van der Waals surface area contributed by atoms with Gasteiger partial charge >= 0.3 is 12.1 Å². The Morgan fingerprint density at radius 1 is 0.938 bits per heavy atom. The number of amides is 2. The Morgan fingerprint density at radius 3 is 2.25 bits per heavy atom. The van der Waals surface area contributed by atoms with Crippen LogP contribution in [0.1, 0.15) is 33.1 Å². The van der Waals surface area contributed by atoms with Crippen LogP contribution in [-0.4, -0.2) is 41.2 Å². The lowest BCUT2D eigenvalue weighted by Gasteiger charge is -2.14. The van der Waals surface area contributed by atoms with Crippen LogP contribution in [0.5, 0.6) is 0 Å². The van der Waals surface area contributed by atoms with Crippen LogP contribution < -0.4 is 10.6 Å². The Morgan fingerprint density at radius 2 is 1.59 bits per heavy atom. The molecule has 1 aliphatic carbocycles. The van der Waals surface area contributed by atoms with E-state index in [1.807, 2.05) is 36.4 Å². The molecule has 8 heteroatoms. The number of alkyl carbamates (subject to hydrolysis) is 1. The zero-order valence-electron chi connectivity index (χ0n) is 17.1. The lowest BCUT2D eigenvalue weighted by molar-refractivity contribution is -0.120. The minimum Gasteiger partial charge on any atom is -0.478 e. The molecule has 3 N–H and O–H groups in total. The fourth-order valence-corrected chi connectivity index (χ4v) is 3.76. The van der Waals surface area contributed by atoms with Gasteiger partial charge in [-0.05, 0) is 34.4 Å². The molecule has 8 nitrogen and oxygen atoms in total. The number of rotatable bonds is 7. The summed E-state index contributed by atoms with van der Waals surface area (Å²) in [6.07, 6.45) is 0.674. The van der Waals surface area contributed by atoms with Crippen molar-refractivity contribution < 1.29 is 24.2 Å². The zero-order chi connectivity index (χ0) is 22.5. The number of ether oxygens (including phenoxy) is 1. The van der Waals surface area contributed by atoms with Gasteiger partial charge in [-0.1, -0.05) is 48.5 Å². The van der Waals surface area contributed by atoms with Gasteiger partial charge in [0.1, 0.15) is 13.2 Å². The highest BCUT2D eigenvalue weighted by atomic mass is 16.5. The van der Waals surface area contributed by atoms with Crippen LogP contribution in [0.2, 0.25) is 0 Å². The van der Waals surface area contributed by atoms with E-state index in [0.29, 0.717) is 5.69 Å². The number of carboxylic acids is 1. The SMILES string of the molecule is O=C(CNC(=O)OCC1c2ccccc2-c2ccccc21)NCc1cc(C(=O)O)ccn1. The summed E-state index contributed by atoms with van der Waals surface area (Å²) in [6.45, 7) is -0.0605. The summed E-state index contributed by atoms with van der Waals surface area (Å²) in [6, 6.07) is 18.8. The fourth-order valence-electron chi connectivity index (χ4n) is 3.76. The van der Waals surface area contributed by atoms with Crippen molar-refractivity contribution >= 4 is 18.0 Å². The number of carbonyl (C=O) groups excluding carboxylic acids is 2. The Balaban J connectivity index is 1.26. The third-order valence-electron chi connectivity index (χ3n) is 5.27. The van der Waals surface area contributed by atoms with E-state index in [4.69, 9.17) is 9.84 Å². The molecule has 0 fully saturated rings. The number of hydrogen-bond donors (Lipinski definition) is 3. The number of pyridine rings is 1. The van der Waals surface area contributed by atoms with Crippen LogP contribution in [0.15, 0.2) is 66.9 Å². The molecular formula is C24H21N3O5. The molecule has 0 radical (unpaired) electrons. The third kappa shape index (κ3) is 4.59. The Hall–Kier alpha value is -4.20. The number of nitrogens with zero attached hydrogens (tertiary/aromatic N) is 1. The van der Waals surface area contributed by atoms with Gasteiger partial charge in [0.25, 0.3) is 0 Å². The maximum absolute atomic E-state index is 12.1. The molecule has 0 unspecified atom stereocenters. The van der Waals surface area contributed by atoms with Crippen molar-refractivity contribution in [2.24, 2.45) is 0 Å². The maximum atomic E-state index is 12.1. The van der Waals surface area contributed by atoms with Gasteiger partial charge in [-0.2, -0.15) is 0 Å². The van der Waals surface area contributed by atoms with Crippen molar-refractivity contribution in [3.05, 3.63) is 89.2 Å². The molecule has 3 aromatic rings. The smallest absolute Gasteiger partial charge is 0.407 e. The second-order valence-electron chi connectivity index (χ2n) is 7.30. The van der Waals surface area contributed by atoms with Gasteiger partial charge in [-0.3, -0.25) is 9.78 Å². The number of aromatic nitrogens is 1. The van der Waals surface area contributed by atoms with Crippen molar-refractivity contribution in [1.82, 2.24) is 15.6 Å². The Labute approximate surface area is 184 Å². The minimum atomic E-state index is -1.07. The summed E-state index contributed by atoms with van der Waals surface area (Å²) in [5.41, 5.74) is 4.97. The van der Waals surface area contributed by atoms with Crippen LogP contribution in [0, 0.1) is 0 Å². The van der Waals surface area contributed by atoms with Crippen LogP contribution >= 0.6 is 0 Å². The zero-order valence-corrected chi connectivity index (χ0v) is 17.1. The van der Waals surface area contributed by atoms with Gasteiger partial charge in [-0.25, -0.2) is 9.59 Å². The maximum Gasteiger partial charge on any atom is 0.407 e. The lowest BCUT2D eigenvalue weighted by Crippen LogP contribution is -2.37. The second kappa shape index (κ2) is 9.30. The van der Waals surface area contributed by atoms with E-state index in [2.05, 4.69) is 27.8 Å². The predicted molar refractivity (Wildman–Crippen MR) is 116 cm³/mol. The quantitative estimate of drug-likeness (QED) is 0.529. The molecule has 4 rings (SSSR count). The first-order valence-corrected chi connectivity index (χ1v) is 10.1. The number of carboxylic acid groups (broad SMARTS) is 1. The molecule has 0 saturated heterocycles. The Kier molecular flexibility index (Phi) is 6.12. The standard InChI is InChI=1S/C24H21N3O5/c28-22(26-12-16-11-15(23(29)30)9-10-25-16)13-27-24(31)32-14-21-19-7-3-1-5-17(19)18-6-2-4-8-20(18)21/h1-11,21H,12-14H2,(H,26,28)(H,27,31)(H,29,30). The molecule has 1 aromatic heterocycles. The molecular weight excluding hydrogens is 410 g/mol. The number of carbonyl (C=O) groups is 3. The van der Waals surface area contributed by atoms with E-state index >= 15 is 0 Å². The summed E-state index contributed by atoms with van der Waals surface area (Å²) < 4.78 is 5.39. The molecule has 2 amide bonds. The molecule has 162 valence electrons. The molecule has 0 atom stereocenters. The highest BCUT2D eigenvalue weighted by Gasteiger charge is 2.29. The van der Waals surface area contributed by atoms with Crippen LogP contribution in [-0.2, 0) is 16.1 Å². The summed E-state index contributed by atoms with van der Waals surface area (Å²) >= 11 is 0. The first-order valence-electron chi connectivity index (χ1n) is 10.1. The number of hydrogen-bond acceptors (Lipinski definition) is 5. The normalized spacial score (nSPS) is 11.9. The van der Waals surface area contributed by atoms with E-state index in [1.165, 1.54) is 18.3 Å². The van der Waals surface area contributed by atoms with Crippen molar-refractivity contribution in [3.63, 3.8) is 0 Å². The van der Waals surface area contributed by atoms with Gasteiger partial charge in [0.2, 0.25) is 5.91 Å². The lowest BCUT2D eigenvalue weighted by atomic mass is 9.98. The number of nitrogens with one attached hydrogen (secondary N) is 2. The molecule has 0 bridgehead atoms. The van der Waals surface area contributed by atoms with Crippen LogP contribution in [0.25, 0.3) is 11.1 Å². The van der Waals surface area contributed by atoms with Gasteiger partial charge in [0.15, 0.2) is 0 Å². The van der Waals surface area contributed by atoms with E-state index in [1.54, 1.807) is 0 Å². The van der Waals surface area contributed by atoms with Gasteiger partial charge in [-0.15, -0.1) is 0 Å². The molecule has 0 spiro atoms. The first-order chi connectivity index (χ1) is 15.5. The number of aromatic carboxylic acids is 1. The summed E-state index contributed by atoms with van der Waals surface area (Å²) in [5, 5.41) is 14.0. The van der Waals surface area contributed by atoms with E-state index in [0.717, 1.165) is 22.3 Å². The summed E-state index contributed by atoms with van der Waals surface area (Å²) in [5.74, 6) is -1.58. The molecule has 32 heavy (non-hydrogen) atoms. The van der Waals surface area contributed by atoms with E-state index < -0.39 is 18.0 Å². The van der Waals surface area contributed by atoms with Gasteiger partial charge in [0, 0.05) is 12.1 Å². The molecule has 0 aliphatic heterocycles. The summed E-state index contributed by atoms with van der Waals surface area (Å²) in [4.78, 5) is 39.1. The number of fused-ring (bicyclic) bond motifs is 3. The van der Waals surface area contributed by atoms with Crippen molar-refractivity contribution in [2.45, 2.75) is 12.5 Å². The van der Waals surface area contributed by atoms with Crippen LogP contribution in [0.4, 0.5) is 4.79 Å². The highest BCUT2D eigenvalue weighted by Crippen LogP contribution is 2.44. The van der Waals surface area contributed by atoms with Crippen molar-refractivity contribution in [1.29, 1.82) is 0 Å². The largest absolute Gasteiger partial charge is 0.478 e. The van der Waals surface area contributed by atoms with Crippen LogP contribution in [0.3, 0.4) is 0 Å².